The van der Waals surface area contributed by atoms with E-state index in [1.54, 1.807) is 0 Å². The molecule has 0 spiro atoms. The van der Waals surface area contributed by atoms with E-state index in [0.717, 1.165) is 5.92 Å². The van der Waals surface area contributed by atoms with Gasteiger partial charge in [-0.2, -0.15) is 0 Å². The fraction of sp³-hybridized carbons (Fsp3) is 1.00. The molecule has 14 heavy (non-hydrogen) atoms. The zero-order valence-electron chi connectivity index (χ0n) is 10.00. The number of rotatable bonds is 4. The lowest BCUT2D eigenvalue weighted by atomic mass is 9.85. The van der Waals surface area contributed by atoms with E-state index in [1.807, 2.05) is 0 Å². The molecule has 3 atom stereocenters. The number of nitrogens with zero attached hydrogens (tertiary/aromatic N) is 1. The van der Waals surface area contributed by atoms with Gasteiger partial charge in [0.2, 0.25) is 0 Å². The Labute approximate surface area is 88.8 Å². The third kappa shape index (κ3) is 3.58. The highest BCUT2D eigenvalue weighted by atomic mass is 15.1. The Hall–Kier alpha value is -0.0800. The molecular formula is C12H26N2. The first-order chi connectivity index (χ1) is 6.63. The Bertz CT molecular complexity index is 158. The molecular weight excluding hydrogens is 172 g/mol. The molecule has 0 aromatic heterocycles. The van der Waals surface area contributed by atoms with E-state index in [9.17, 15) is 0 Å². The van der Waals surface area contributed by atoms with E-state index < -0.39 is 0 Å². The fourth-order valence-electron chi connectivity index (χ4n) is 2.40. The quantitative estimate of drug-likeness (QED) is 0.750. The van der Waals surface area contributed by atoms with Crippen molar-refractivity contribution in [3.05, 3.63) is 0 Å². The first-order valence-corrected chi connectivity index (χ1v) is 6.09. The molecule has 2 nitrogen and oxygen atoms in total. The van der Waals surface area contributed by atoms with Gasteiger partial charge in [-0.15, -0.1) is 0 Å². The minimum absolute atomic E-state index is 0.471. The molecule has 1 aliphatic rings. The Morgan fingerprint density at radius 3 is 2.71 bits per heavy atom. The minimum Gasteiger partial charge on any atom is -0.328 e. The zero-order valence-corrected chi connectivity index (χ0v) is 10.00. The number of hydrogen-bond acceptors (Lipinski definition) is 2. The Morgan fingerprint density at radius 1 is 1.43 bits per heavy atom. The molecule has 3 unspecified atom stereocenters. The van der Waals surface area contributed by atoms with Crippen molar-refractivity contribution in [2.75, 3.05) is 13.6 Å². The van der Waals surface area contributed by atoms with Gasteiger partial charge in [-0.05, 0) is 45.6 Å². The molecule has 0 amide bonds. The van der Waals surface area contributed by atoms with Crippen LogP contribution in [0.2, 0.25) is 0 Å². The van der Waals surface area contributed by atoms with Gasteiger partial charge in [-0.1, -0.05) is 13.3 Å². The van der Waals surface area contributed by atoms with Crippen molar-refractivity contribution < 1.29 is 0 Å². The summed E-state index contributed by atoms with van der Waals surface area (Å²) >= 11 is 0. The highest BCUT2D eigenvalue weighted by Gasteiger charge is 2.21. The van der Waals surface area contributed by atoms with E-state index in [1.165, 1.54) is 38.6 Å². The van der Waals surface area contributed by atoms with Crippen LogP contribution in [0.25, 0.3) is 0 Å². The molecule has 0 aromatic carbocycles. The molecule has 1 fully saturated rings. The highest BCUT2D eigenvalue weighted by molar-refractivity contribution is 4.77. The molecule has 1 saturated carbocycles. The Kier molecular flexibility index (Phi) is 4.90. The van der Waals surface area contributed by atoms with E-state index in [4.69, 9.17) is 5.73 Å². The summed E-state index contributed by atoms with van der Waals surface area (Å²) in [6.07, 6.45) is 6.44. The van der Waals surface area contributed by atoms with Crippen molar-refractivity contribution in [2.45, 2.75) is 58.0 Å². The Balaban J connectivity index is 2.28. The Morgan fingerprint density at radius 2 is 2.14 bits per heavy atom. The lowest BCUT2D eigenvalue weighted by molar-refractivity contribution is 0.180. The first-order valence-electron chi connectivity index (χ1n) is 6.09. The van der Waals surface area contributed by atoms with Crippen LogP contribution in [-0.4, -0.2) is 30.6 Å². The summed E-state index contributed by atoms with van der Waals surface area (Å²) < 4.78 is 0. The van der Waals surface area contributed by atoms with Crippen LogP contribution in [0.15, 0.2) is 0 Å². The van der Waals surface area contributed by atoms with Gasteiger partial charge >= 0.3 is 0 Å². The van der Waals surface area contributed by atoms with Gasteiger partial charge in [-0.25, -0.2) is 0 Å². The second-order valence-corrected chi connectivity index (χ2v) is 4.99. The lowest BCUT2D eigenvalue weighted by Gasteiger charge is -2.32. The summed E-state index contributed by atoms with van der Waals surface area (Å²) in [6, 6.07) is 1.19. The maximum absolute atomic E-state index is 5.99. The SMILES string of the molecule is CCC(C)N(C)CC1CCCC(N)C1. The lowest BCUT2D eigenvalue weighted by Crippen LogP contribution is -2.37. The third-order valence-electron chi connectivity index (χ3n) is 3.71. The molecule has 0 aliphatic heterocycles. The predicted molar refractivity (Wildman–Crippen MR) is 62.3 cm³/mol. The van der Waals surface area contributed by atoms with Crippen LogP contribution in [0.4, 0.5) is 0 Å². The van der Waals surface area contributed by atoms with Crippen molar-refractivity contribution >= 4 is 0 Å². The molecule has 0 aromatic rings. The van der Waals surface area contributed by atoms with Crippen LogP contribution < -0.4 is 5.73 Å². The van der Waals surface area contributed by atoms with Gasteiger partial charge in [0.15, 0.2) is 0 Å². The second kappa shape index (κ2) is 5.72. The summed E-state index contributed by atoms with van der Waals surface area (Å²) in [5, 5.41) is 0. The van der Waals surface area contributed by atoms with E-state index in [0.29, 0.717) is 12.1 Å². The molecule has 1 aliphatic carbocycles. The van der Waals surface area contributed by atoms with Crippen LogP contribution in [0.3, 0.4) is 0 Å². The average molecular weight is 198 g/mol. The smallest absolute Gasteiger partial charge is 0.00613 e. The molecule has 1 rings (SSSR count). The standard InChI is InChI=1S/C12H26N2/c1-4-10(2)14(3)9-11-6-5-7-12(13)8-11/h10-12H,4-9,13H2,1-3H3. The van der Waals surface area contributed by atoms with Crippen LogP contribution >= 0.6 is 0 Å². The van der Waals surface area contributed by atoms with Gasteiger partial charge < -0.3 is 10.6 Å². The van der Waals surface area contributed by atoms with Gasteiger partial charge in [0.05, 0.1) is 0 Å². The topological polar surface area (TPSA) is 29.3 Å². The van der Waals surface area contributed by atoms with E-state index in [2.05, 4.69) is 25.8 Å². The summed E-state index contributed by atoms with van der Waals surface area (Å²) in [7, 11) is 2.24. The van der Waals surface area contributed by atoms with Crippen LogP contribution in [0.5, 0.6) is 0 Å². The van der Waals surface area contributed by atoms with Crippen molar-refractivity contribution in [3.63, 3.8) is 0 Å². The molecule has 84 valence electrons. The van der Waals surface area contributed by atoms with Crippen molar-refractivity contribution in [3.8, 4) is 0 Å². The first kappa shape index (κ1) is 12.0. The maximum Gasteiger partial charge on any atom is 0.00613 e. The predicted octanol–water partition coefficient (Wildman–Crippen LogP) is 2.23. The number of hydrogen-bond donors (Lipinski definition) is 1. The molecule has 0 heterocycles. The molecule has 0 radical (unpaired) electrons. The molecule has 2 heteroatoms. The van der Waals surface area contributed by atoms with Crippen LogP contribution in [0, 0.1) is 5.92 Å². The second-order valence-electron chi connectivity index (χ2n) is 4.99. The molecule has 0 bridgehead atoms. The zero-order chi connectivity index (χ0) is 10.6. The van der Waals surface area contributed by atoms with Crippen LogP contribution in [0.1, 0.15) is 46.0 Å². The molecule has 0 saturated heterocycles. The van der Waals surface area contributed by atoms with Gasteiger partial charge in [-0.3, -0.25) is 0 Å². The minimum atomic E-state index is 0.471. The van der Waals surface area contributed by atoms with Gasteiger partial charge in [0, 0.05) is 18.6 Å². The summed E-state index contributed by atoms with van der Waals surface area (Å²) in [5.41, 5.74) is 5.99. The van der Waals surface area contributed by atoms with Crippen LogP contribution in [-0.2, 0) is 0 Å². The summed E-state index contributed by atoms with van der Waals surface area (Å²) in [6.45, 7) is 5.80. The maximum atomic E-state index is 5.99. The van der Waals surface area contributed by atoms with Gasteiger partial charge in [0.1, 0.15) is 0 Å². The summed E-state index contributed by atoms with van der Waals surface area (Å²) in [5.74, 6) is 0.845. The van der Waals surface area contributed by atoms with E-state index in [-0.39, 0.29) is 0 Å². The fourth-order valence-corrected chi connectivity index (χ4v) is 2.40. The number of nitrogens with two attached hydrogens (primary N) is 1. The normalized spacial score (nSPS) is 30.6. The monoisotopic (exact) mass is 198 g/mol. The molecule has 2 N–H and O–H groups in total. The van der Waals surface area contributed by atoms with Crippen molar-refractivity contribution in [2.24, 2.45) is 11.7 Å². The van der Waals surface area contributed by atoms with Crippen molar-refractivity contribution in [1.82, 2.24) is 4.90 Å². The summed E-state index contributed by atoms with van der Waals surface area (Å²) in [4.78, 5) is 2.49. The average Bonchev–Trinajstić information content (AvgIpc) is 2.16. The van der Waals surface area contributed by atoms with E-state index >= 15 is 0 Å². The van der Waals surface area contributed by atoms with Crippen molar-refractivity contribution in [1.29, 1.82) is 0 Å². The largest absolute Gasteiger partial charge is 0.328 e. The van der Waals surface area contributed by atoms with Gasteiger partial charge in [0.25, 0.3) is 0 Å². The highest BCUT2D eigenvalue weighted by Crippen LogP contribution is 2.24. The third-order valence-corrected chi connectivity index (χ3v) is 3.71.